The minimum atomic E-state index is 0.127. The largest absolute Gasteiger partial charge is 0.356 e. The monoisotopic (exact) mass is 195 g/mol. The van der Waals surface area contributed by atoms with E-state index in [1.807, 2.05) is 24.7 Å². The number of hydrogen-bond donors (Lipinski definition) is 1. The summed E-state index contributed by atoms with van der Waals surface area (Å²) in [7, 11) is 1.95. The first-order valence-corrected chi connectivity index (χ1v) is 4.97. The predicted molar refractivity (Wildman–Crippen MR) is 54.8 cm³/mol. The Hall–Kier alpha value is -1.32. The van der Waals surface area contributed by atoms with Crippen LogP contribution in [-0.2, 0) is 18.3 Å². The van der Waals surface area contributed by atoms with Crippen LogP contribution in [-0.4, -0.2) is 22.0 Å². The molecular formula is C10H17N3O. The number of rotatable bonds is 5. The highest BCUT2D eigenvalue weighted by atomic mass is 16.1. The molecule has 0 spiro atoms. The molecule has 0 unspecified atom stereocenters. The quantitative estimate of drug-likeness (QED) is 0.758. The van der Waals surface area contributed by atoms with Crippen LogP contribution in [0, 0.1) is 0 Å². The standard InChI is InChI=1S/C10H17N3O/c1-3-4-10(14)12-6-5-9-11-7-8-13(9)2/h7-8H,3-6H2,1-2H3,(H,12,14). The number of amides is 1. The van der Waals surface area contributed by atoms with Gasteiger partial charge in [-0.25, -0.2) is 4.98 Å². The fourth-order valence-electron chi connectivity index (χ4n) is 1.27. The van der Waals surface area contributed by atoms with E-state index in [4.69, 9.17) is 0 Å². The second-order valence-corrected chi connectivity index (χ2v) is 3.30. The average Bonchev–Trinajstić information content (AvgIpc) is 2.52. The normalized spacial score (nSPS) is 10.1. The van der Waals surface area contributed by atoms with E-state index in [0.29, 0.717) is 13.0 Å². The van der Waals surface area contributed by atoms with Crippen LogP contribution in [0.2, 0.25) is 0 Å². The van der Waals surface area contributed by atoms with Crippen molar-refractivity contribution in [1.82, 2.24) is 14.9 Å². The number of aromatic nitrogens is 2. The number of carbonyl (C=O) groups is 1. The van der Waals surface area contributed by atoms with Gasteiger partial charge in [-0.05, 0) is 6.42 Å². The summed E-state index contributed by atoms with van der Waals surface area (Å²) in [5.41, 5.74) is 0. The molecule has 78 valence electrons. The third-order valence-corrected chi connectivity index (χ3v) is 2.07. The smallest absolute Gasteiger partial charge is 0.219 e. The lowest BCUT2D eigenvalue weighted by Crippen LogP contribution is -2.25. The summed E-state index contributed by atoms with van der Waals surface area (Å²) in [4.78, 5) is 15.3. The number of imidazole rings is 1. The number of nitrogens with zero attached hydrogens (tertiary/aromatic N) is 2. The van der Waals surface area contributed by atoms with Crippen molar-refractivity contribution in [2.24, 2.45) is 7.05 Å². The Morgan fingerprint density at radius 1 is 1.64 bits per heavy atom. The molecule has 0 fully saturated rings. The summed E-state index contributed by atoms with van der Waals surface area (Å²) in [5.74, 6) is 1.13. The van der Waals surface area contributed by atoms with Crippen LogP contribution in [0.3, 0.4) is 0 Å². The van der Waals surface area contributed by atoms with Crippen molar-refractivity contribution < 1.29 is 4.79 Å². The van der Waals surface area contributed by atoms with Crippen molar-refractivity contribution in [1.29, 1.82) is 0 Å². The Morgan fingerprint density at radius 3 is 3.00 bits per heavy atom. The van der Waals surface area contributed by atoms with Crippen LogP contribution in [0.15, 0.2) is 12.4 Å². The summed E-state index contributed by atoms with van der Waals surface area (Å²) < 4.78 is 1.96. The van der Waals surface area contributed by atoms with Crippen molar-refractivity contribution in [3.63, 3.8) is 0 Å². The van der Waals surface area contributed by atoms with Gasteiger partial charge in [0.2, 0.25) is 5.91 Å². The highest BCUT2D eigenvalue weighted by Gasteiger charge is 2.01. The van der Waals surface area contributed by atoms with Gasteiger partial charge in [-0.2, -0.15) is 0 Å². The summed E-state index contributed by atoms with van der Waals surface area (Å²) in [6.45, 7) is 2.67. The van der Waals surface area contributed by atoms with E-state index in [9.17, 15) is 4.79 Å². The van der Waals surface area contributed by atoms with Crippen molar-refractivity contribution >= 4 is 5.91 Å². The molecule has 0 bridgehead atoms. The van der Waals surface area contributed by atoms with E-state index in [-0.39, 0.29) is 5.91 Å². The van der Waals surface area contributed by atoms with Crippen LogP contribution in [0.25, 0.3) is 0 Å². The second-order valence-electron chi connectivity index (χ2n) is 3.30. The number of carbonyl (C=O) groups excluding carboxylic acids is 1. The Labute approximate surface area is 84.3 Å². The molecule has 0 atom stereocenters. The number of hydrogen-bond acceptors (Lipinski definition) is 2. The maximum atomic E-state index is 11.1. The molecule has 0 aliphatic rings. The number of aryl methyl sites for hydroxylation is 1. The first-order chi connectivity index (χ1) is 6.74. The van der Waals surface area contributed by atoms with Gasteiger partial charge >= 0.3 is 0 Å². The van der Waals surface area contributed by atoms with Gasteiger partial charge in [-0.15, -0.1) is 0 Å². The first kappa shape index (κ1) is 10.8. The van der Waals surface area contributed by atoms with E-state index in [0.717, 1.165) is 18.7 Å². The van der Waals surface area contributed by atoms with Crippen molar-refractivity contribution in [2.45, 2.75) is 26.2 Å². The van der Waals surface area contributed by atoms with Gasteiger partial charge in [0.05, 0.1) is 0 Å². The van der Waals surface area contributed by atoms with Gasteiger partial charge in [0.1, 0.15) is 5.82 Å². The van der Waals surface area contributed by atoms with E-state index >= 15 is 0 Å². The third kappa shape index (κ3) is 3.20. The molecule has 0 aliphatic carbocycles. The number of nitrogens with one attached hydrogen (secondary N) is 1. The van der Waals surface area contributed by atoms with Crippen LogP contribution in [0.1, 0.15) is 25.6 Å². The minimum Gasteiger partial charge on any atom is -0.356 e. The van der Waals surface area contributed by atoms with Gasteiger partial charge in [0.25, 0.3) is 0 Å². The molecule has 0 saturated carbocycles. The summed E-state index contributed by atoms with van der Waals surface area (Å²) >= 11 is 0. The molecule has 1 N–H and O–H groups in total. The summed E-state index contributed by atoms with van der Waals surface area (Å²) in [6.07, 6.45) is 5.97. The molecule has 0 radical (unpaired) electrons. The maximum absolute atomic E-state index is 11.1. The molecule has 1 aromatic heterocycles. The lowest BCUT2D eigenvalue weighted by Gasteiger charge is -2.04. The molecule has 0 aromatic carbocycles. The maximum Gasteiger partial charge on any atom is 0.219 e. The molecule has 1 amide bonds. The van der Waals surface area contributed by atoms with Gasteiger partial charge in [-0.3, -0.25) is 4.79 Å². The van der Waals surface area contributed by atoms with Crippen molar-refractivity contribution in [2.75, 3.05) is 6.54 Å². The van der Waals surface area contributed by atoms with E-state index in [1.165, 1.54) is 0 Å². The van der Waals surface area contributed by atoms with Crippen molar-refractivity contribution in [3.8, 4) is 0 Å². The van der Waals surface area contributed by atoms with E-state index in [1.54, 1.807) is 6.20 Å². The summed E-state index contributed by atoms with van der Waals surface area (Å²) in [6, 6.07) is 0. The van der Waals surface area contributed by atoms with Gasteiger partial charge in [0, 0.05) is 38.8 Å². The minimum absolute atomic E-state index is 0.127. The van der Waals surface area contributed by atoms with Crippen LogP contribution >= 0.6 is 0 Å². The fourth-order valence-corrected chi connectivity index (χ4v) is 1.27. The molecule has 1 aromatic rings. The second kappa shape index (κ2) is 5.42. The van der Waals surface area contributed by atoms with Crippen LogP contribution < -0.4 is 5.32 Å². The molecule has 4 nitrogen and oxygen atoms in total. The van der Waals surface area contributed by atoms with Gasteiger partial charge in [0.15, 0.2) is 0 Å². The highest BCUT2D eigenvalue weighted by molar-refractivity contribution is 5.75. The lowest BCUT2D eigenvalue weighted by molar-refractivity contribution is -0.121. The topological polar surface area (TPSA) is 46.9 Å². The van der Waals surface area contributed by atoms with Gasteiger partial charge in [-0.1, -0.05) is 6.92 Å². The Kier molecular flexibility index (Phi) is 4.16. The highest BCUT2D eigenvalue weighted by Crippen LogP contribution is 1.94. The van der Waals surface area contributed by atoms with E-state index in [2.05, 4.69) is 10.3 Å². The molecule has 1 heterocycles. The third-order valence-electron chi connectivity index (χ3n) is 2.07. The average molecular weight is 195 g/mol. The zero-order valence-corrected chi connectivity index (χ0v) is 8.79. The molecule has 14 heavy (non-hydrogen) atoms. The first-order valence-electron chi connectivity index (χ1n) is 4.97. The van der Waals surface area contributed by atoms with Crippen LogP contribution in [0.4, 0.5) is 0 Å². The lowest BCUT2D eigenvalue weighted by atomic mass is 10.3. The van der Waals surface area contributed by atoms with Crippen molar-refractivity contribution in [3.05, 3.63) is 18.2 Å². The Balaban J connectivity index is 2.22. The molecule has 1 rings (SSSR count). The molecule has 0 saturated heterocycles. The molecule has 4 heteroatoms. The SMILES string of the molecule is CCCC(=O)NCCc1nccn1C. The summed E-state index contributed by atoms with van der Waals surface area (Å²) in [5, 5.41) is 2.86. The molecular weight excluding hydrogens is 178 g/mol. The zero-order chi connectivity index (χ0) is 10.4. The Bertz CT molecular complexity index is 293. The zero-order valence-electron chi connectivity index (χ0n) is 8.79. The fraction of sp³-hybridized carbons (Fsp3) is 0.600. The molecule has 0 aliphatic heterocycles. The van der Waals surface area contributed by atoms with Gasteiger partial charge < -0.3 is 9.88 Å². The Morgan fingerprint density at radius 2 is 2.43 bits per heavy atom. The van der Waals surface area contributed by atoms with Crippen LogP contribution in [0.5, 0.6) is 0 Å². The predicted octanol–water partition coefficient (Wildman–Crippen LogP) is 0.879. The van der Waals surface area contributed by atoms with E-state index < -0.39 is 0 Å².